The maximum Gasteiger partial charge on any atom is 0.0664 e. The zero-order valence-corrected chi connectivity index (χ0v) is 6.35. The maximum absolute atomic E-state index is 3.88. The molecule has 0 aliphatic carbocycles. The van der Waals surface area contributed by atoms with E-state index in [1.807, 2.05) is 19.2 Å². The first-order chi connectivity index (χ1) is 4.84. The number of hydrogen-bond donors (Lipinski definition) is 2. The molecule has 1 unspecified atom stereocenters. The minimum atomic E-state index is 0.441. The third-order valence-corrected chi connectivity index (χ3v) is 1.67. The molecule has 2 N–H and O–H groups in total. The summed E-state index contributed by atoms with van der Waals surface area (Å²) < 4.78 is 0. The van der Waals surface area contributed by atoms with Gasteiger partial charge in [0.05, 0.1) is 6.04 Å². The fourth-order valence-electron chi connectivity index (χ4n) is 1.07. The average molecular weight is 138 g/mol. The second-order valence-corrected chi connectivity index (χ2v) is 2.46. The molecule has 0 bridgehead atoms. The Morgan fingerprint density at radius 1 is 1.80 bits per heavy atom. The molecule has 0 aromatic heterocycles. The van der Waals surface area contributed by atoms with Gasteiger partial charge in [0.1, 0.15) is 0 Å². The van der Waals surface area contributed by atoms with Gasteiger partial charge in [0, 0.05) is 12.2 Å². The van der Waals surface area contributed by atoms with Gasteiger partial charge < -0.3 is 10.6 Å². The van der Waals surface area contributed by atoms with Crippen molar-refractivity contribution in [3.8, 4) is 0 Å². The molecule has 2 nitrogen and oxygen atoms in total. The van der Waals surface area contributed by atoms with Crippen molar-refractivity contribution in [2.24, 2.45) is 0 Å². The quantitative estimate of drug-likeness (QED) is 0.594. The van der Waals surface area contributed by atoms with E-state index in [1.165, 1.54) is 0 Å². The van der Waals surface area contributed by atoms with Crippen LogP contribution in [0, 0.1) is 0 Å². The molecule has 1 fully saturated rings. The number of rotatable bonds is 2. The zero-order valence-electron chi connectivity index (χ0n) is 6.35. The molecule has 0 radical (unpaired) electrons. The molecule has 1 aliphatic rings. The van der Waals surface area contributed by atoms with Gasteiger partial charge in [0.15, 0.2) is 0 Å². The topological polar surface area (TPSA) is 24.1 Å². The Morgan fingerprint density at radius 2 is 2.60 bits per heavy atom. The molecule has 0 aromatic carbocycles. The van der Waals surface area contributed by atoms with Crippen molar-refractivity contribution in [2.45, 2.75) is 19.4 Å². The third kappa shape index (κ3) is 1.53. The Bertz CT molecular complexity index is 149. The molecular formula is C8H14N2. The van der Waals surface area contributed by atoms with E-state index in [0.29, 0.717) is 6.04 Å². The van der Waals surface area contributed by atoms with Crippen molar-refractivity contribution in [3.63, 3.8) is 0 Å². The van der Waals surface area contributed by atoms with E-state index >= 15 is 0 Å². The van der Waals surface area contributed by atoms with E-state index in [9.17, 15) is 0 Å². The predicted octanol–water partition coefficient (Wildman–Crippen LogP) is 0.985. The lowest BCUT2D eigenvalue weighted by Crippen LogP contribution is -2.23. The molecule has 0 saturated carbocycles. The highest BCUT2D eigenvalue weighted by Crippen LogP contribution is 2.07. The van der Waals surface area contributed by atoms with Gasteiger partial charge in [0.2, 0.25) is 0 Å². The SMILES string of the molecule is C=C1NCCC1N/C=C\C. The minimum Gasteiger partial charge on any atom is -0.387 e. The lowest BCUT2D eigenvalue weighted by Gasteiger charge is -2.08. The van der Waals surface area contributed by atoms with Crippen LogP contribution < -0.4 is 10.6 Å². The van der Waals surface area contributed by atoms with Crippen molar-refractivity contribution >= 4 is 0 Å². The van der Waals surface area contributed by atoms with Gasteiger partial charge in [-0.3, -0.25) is 0 Å². The van der Waals surface area contributed by atoms with Crippen LogP contribution in [0.4, 0.5) is 0 Å². The highest BCUT2D eigenvalue weighted by molar-refractivity contribution is 5.09. The molecule has 56 valence electrons. The first kappa shape index (κ1) is 7.19. The van der Waals surface area contributed by atoms with Crippen LogP contribution in [-0.2, 0) is 0 Å². The molecule has 0 aromatic rings. The third-order valence-electron chi connectivity index (χ3n) is 1.67. The standard InChI is InChI=1S/C8H14N2/c1-3-5-10-8-4-6-9-7(8)2/h3,5,8-10H,2,4,6H2,1H3/b5-3-. The van der Waals surface area contributed by atoms with Crippen LogP contribution in [0.3, 0.4) is 0 Å². The highest BCUT2D eigenvalue weighted by Gasteiger charge is 2.15. The van der Waals surface area contributed by atoms with Gasteiger partial charge in [-0.25, -0.2) is 0 Å². The van der Waals surface area contributed by atoms with Gasteiger partial charge in [0.25, 0.3) is 0 Å². The van der Waals surface area contributed by atoms with Crippen LogP contribution in [0.15, 0.2) is 24.6 Å². The molecule has 0 spiro atoms. The van der Waals surface area contributed by atoms with Crippen LogP contribution in [0.5, 0.6) is 0 Å². The number of nitrogens with one attached hydrogen (secondary N) is 2. The van der Waals surface area contributed by atoms with Crippen LogP contribution in [0.1, 0.15) is 13.3 Å². The Morgan fingerprint density at radius 3 is 3.10 bits per heavy atom. The van der Waals surface area contributed by atoms with E-state index in [4.69, 9.17) is 0 Å². The fourth-order valence-corrected chi connectivity index (χ4v) is 1.07. The van der Waals surface area contributed by atoms with Gasteiger partial charge in [-0.1, -0.05) is 12.7 Å². The maximum atomic E-state index is 3.88. The van der Waals surface area contributed by atoms with Gasteiger partial charge in [-0.15, -0.1) is 0 Å². The van der Waals surface area contributed by atoms with Crippen LogP contribution >= 0.6 is 0 Å². The molecule has 1 heterocycles. The van der Waals surface area contributed by atoms with Crippen molar-refractivity contribution in [2.75, 3.05) is 6.54 Å². The fraction of sp³-hybridized carbons (Fsp3) is 0.500. The van der Waals surface area contributed by atoms with Crippen LogP contribution in [-0.4, -0.2) is 12.6 Å². The number of allylic oxidation sites excluding steroid dienone is 1. The first-order valence-corrected chi connectivity index (χ1v) is 3.64. The molecule has 1 aliphatic heterocycles. The van der Waals surface area contributed by atoms with Crippen LogP contribution in [0.25, 0.3) is 0 Å². The average Bonchev–Trinajstić information content (AvgIpc) is 2.31. The van der Waals surface area contributed by atoms with Crippen molar-refractivity contribution < 1.29 is 0 Å². The Hall–Kier alpha value is -0.920. The van der Waals surface area contributed by atoms with Crippen molar-refractivity contribution in [1.82, 2.24) is 10.6 Å². The Labute approximate surface area is 62.0 Å². The lowest BCUT2D eigenvalue weighted by molar-refractivity contribution is 0.691. The summed E-state index contributed by atoms with van der Waals surface area (Å²) in [4.78, 5) is 0. The van der Waals surface area contributed by atoms with E-state index in [-0.39, 0.29) is 0 Å². The second-order valence-electron chi connectivity index (χ2n) is 2.46. The Balaban J connectivity index is 2.33. The summed E-state index contributed by atoms with van der Waals surface area (Å²) in [6.07, 6.45) is 5.09. The molecule has 2 heteroatoms. The molecule has 1 atom stereocenters. The summed E-state index contributed by atoms with van der Waals surface area (Å²) in [5.74, 6) is 0. The molecule has 10 heavy (non-hydrogen) atoms. The molecular weight excluding hydrogens is 124 g/mol. The van der Waals surface area contributed by atoms with E-state index in [0.717, 1.165) is 18.7 Å². The summed E-state index contributed by atoms with van der Waals surface area (Å²) in [7, 11) is 0. The van der Waals surface area contributed by atoms with E-state index < -0.39 is 0 Å². The molecule has 1 rings (SSSR count). The van der Waals surface area contributed by atoms with Gasteiger partial charge in [-0.2, -0.15) is 0 Å². The first-order valence-electron chi connectivity index (χ1n) is 3.64. The zero-order chi connectivity index (χ0) is 7.40. The van der Waals surface area contributed by atoms with Gasteiger partial charge in [-0.05, 0) is 19.5 Å². The summed E-state index contributed by atoms with van der Waals surface area (Å²) in [5, 5.41) is 6.43. The normalized spacial score (nSPS) is 25.3. The Kier molecular flexibility index (Phi) is 2.37. The smallest absolute Gasteiger partial charge is 0.0664 e. The number of hydrogen-bond acceptors (Lipinski definition) is 2. The monoisotopic (exact) mass is 138 g/mol. The largest absolute Gasteiger partial charge is 0.387 e. The summed E-state index contributed by atoms with van der Waals surface area (Å²) >= 11 is 0. The lowest BCUT2D eigenvalue weighted by atomic mass is 10.2. The van der Waals surface area contributed by atoms with E-state index in [1.54, 1.807) is 0 Å². The summed E-state index contributed by atoms with van der Waals surface area (Å²) in [5.41, 5.74) is 1.11. The highest BCUT2D eigenvalue weighted by atomic mass is 15.0. The predicted molar refractivity (Wildman–Crippen MR) is 43.5 cm³/mol. The van der Waals surface area contributed by atoms with Crippen molar-refractivity contribution in [1.29, 1.82) is 0 Å². The van der Waals surface area contributed by atoms with Crippen LogP contribution in [0.2, 0.25) is 0 Å². The molecule has 1 saturated heterocycles. The second kappa shape index (κ2) is 3.30. The van der Waals surface area contributed by atoms with Crippen molar-refractivity contribution in [3.05, 3.63) is 24.6 Å². The summed E-state index contributed by atoms with van der Waals surface area (Å²) in [6.45, 7) is 6.93. The van der Waals surface area contributed by atoms with Gasteiger partial charge >= 0.3 is 0 Å². The van der Waals surface area contributed by atoms with E-state index in [2.05, 4.69) is 17.2 Å². The summed E-state index contributed by atoms with van der Waals surface area (Å²) in [6, 6.07) is 0.441. The minimum absolute atomic E-state index is 0.441. The molecule has 0 amide bonds.